The second kappa shape index (κ2) is 7.46. The normalized spacial score (nSPS) is 20.2. The van der Waals surface area contributed by atoms with Gasteiger partial charge in [0.25, 0.3) is 5.91 Å². The zero-order valence-electron chi connectivity index (χ0n) is 15.1. The lowest BCUT2D eigenvalue weighted by molar-refractivity contribution is -0.137. The largest absolute Gasteiger partial charge is 0.484 e. The van der Waals surface area contributed by atoms with Gasteiger partial charge in [0, 0.05) is 25.7 Å². The van der Waals surface area contributed by atoms with Crippen LogP contribution < -0.4 is 4.74 Å². The molecule has 3 heterocycles. The smallest absolute Gasteiger partial charge is 0.416 e. The average Bonchev–Trinajstić information content (AvgIpc) is 3.34. The molecule has 0 saturated carbocycles. The molecule has 0 bridgehead atoms. The molecule has 4 rings (SSSR count). The number of halogens is 3. The molecule has 2 aromatic rings. The Morgan fingerprint density at radius 3 is 2.96 bits per heavy atom. The van der Waals surface area contributed by atoms with Gasteiger partial charge in [-0.3, -0.25) is 9.69 Å². The van der Waals surface area contributed by atoms with Crippen molar-refractivity contribution in [2.45, 2.75) is 31.7 Å². The first-order valence-corrected chi connectivity index (χ1v) is 9.18. The van der Waals surface area contributed by atoms with E-state index < -0.39 is 11.7 Å². The van der Waals surface area contributed by atoms with Gasteiger partial charge in [0.1, 0.15) is 12.0 Å². The second-order valence-corrected chi connectivity index (χ2v) is 7.02. The van der Waals surface area contributed by atoms with Crippen molar-refractivity contribution < 1.29 is 27.1 Å². The van der Waals surface area contributed by atoms with Gasteiger partial charge >= 0.3 is 6.18 Å². The summed E-state index contributed by atoms with van der Waals surface area (Å²) in [6, 6.07) is 4.99. The summed E-state index contributed by atoms with van der Waals surface area (Å²) >= 11 is 0. The Labute approximate surface area is 159 Å². The van der Waals surface area contributed by atoms with E-state index in [2.05, 4.69) is 9.88 Å². The van der Waals surface area contributed by atoms with Crippen LogP contribution in [0.4, 0.5) is 13.2 Å². The van der Waals surface area contributed by atoms with Crippen LogP contribution in [-0.4, -0.2) is 52.9 Å². The molecule has 9 heteroatoms. The predicted molar refractivity (Wildman–Crippen MR) is 92.8 cm³/mol. The maximum absolute atomic E-state index is 12.7. The highest BCUT2D eigenvalue weighted by molar-refractivity contribution is 5.92. The van der Waals surface area contributed by atoms with E-state index in [1.807, 2.05) is 0 Å². The standard InChI is InChI=1S/C19H20F3N3O3/c20-19(21,22)13-3-1-5-15(9-13)27-12-17-23-16(11-28-17)18(26)25-8-7-24-6-2-4-14(24)10-25/h1,3,5,9,11,14H,2,4,6-8,10,12H2/t14-/m0/s1. The molecule has 1 aromatic carbocycles. The van der Waals surface area contributed by atoms with Crippen molar-refractivity contribution in [2.75, 3.05) is 26.2 Å². The number of hydrogen-bond donors (Lipinski definition) is 0. The SMILES string of the molecule is O=C(c1coc(COc2cccc(C(F)(F)F)c2)n1)N1CCN2CCC[C@H]2C1. The first kappa shape index (κ1) is 18.8. The molecule has 1 amide bonds. The first-order chi connectivity index (χ1) is 13.4. The molecular formula is C19H20F3N3O3. The number of carbonyl (C=O) groups excluding carboxylic acids is 1. The molecule has 0 radical (unpaired) electrons. The number of hydrogen-bond acceptors (Lipinski definition) is 5. The van der Waals surface area contributed by atoms with Crippen molar-refractivity contribution in [3.8, 4) is 5.75 Å². The fraction of sp³-hybridized carbons (Fsp3) is 0.474. The van der Waals surface area contributed by atoms with Crippen LogP contribution in [0.1, 0.15) is 34.8 Å². The van der Waals surface area contributed by atoms with Crippen molar-refractivity contribution in [3.63, 3.8) is 0 Å². The van der Waals surface area contributed by atoms with Crippen molar-refractivity contribution in [3.05, 3.63) is 47.7 Å². The summed E-state index contributed by atoms with van der Waals surface area (Å²) in [5.74, 6) is -0.000797. The van der Waals surface area contributed by atoms with Gasteiger partial charge in [0.15, 0.2) is 12.3 Å². The predicted octanol–water partition coefficient (Wildman–Crippen LogP) is 3.19. The van der Waals surface area contributed by atoms with Gasteiger partial charge in [-0.2, -0.15) is 13.2 Å². The fourth-order valence-electron chi connectivity index (χ4n) is 3.72. The van der Waals surface area contributed by atoms with E-state index >= 15 is 0 Å². The Bertz CT molecular complexity index is 852. The Hall–Kier alpha value is -2.55. The van der Waals surface area contributed by atoms with Crippen molar-refractivity contribution >= 4 is 5.91 Å². The molecule has 2 aliphatic rings. The summed E-state index contributed by atoms with van der Waals surface area (Å²) in [6.07, 6.45) is -0.911. The third-order valence-corrected chi connectivity index (χ3v) is 5.17. The van der Waals surface area contributed by atoms with Gasteiger partial charge in [-0.05, 0) is 37.6 Å². The number of aromatic nitrogens is 1. The third-order valence-electron chi connectivity index (χ3n) is 5.17. The van der Waals surface area contributed by atoms with E-state index in [-0.39, 0.29) is 29.8 Å². The Morgan fingerprint density at radius 1 is 1.29 bits per heavy atom. The van der Waals surface area contributed by atoms with E-state index in [0.717, 1.165) is 38.1 Å². The molecule has 1 aromatic heterocycles. The lowest BCUT2D eigenvalue weighted by Crippen LogP contribution is -2.52. The molecule has 0 aliphatic carbocycles. The van der Waals surface area contributed by atoms with E-state index in [9.17, 15) is 18.0 Å². The number of nitrogens with zero attached hydrogens (tertiary/aromatic N) is 3. The second-order valence-electron chi connectivity index (χ2n) is 7.02. The van der Waals surface area contributed by atoms with Gasteiger partial charge in [0.2, 0.25) is 5.89 Å². The molecule has 6 nitrogen and oxygen atoms in total. The number of rotatable bonds is 4. The summed E-state index contributed by atoms with van der Waals surface area (Å²) in [6.45, 7) is 3.12. The van der Waals surface area contributed by atoms with E-state index in [1.54, 1.807) is 4.90 Å². The van der Waals surface area contributed by atoms with Gasteiger partial charge < -0.3 is 14.1 Å². The van der Waals surface area contributed by atoms with Crippen LogP contribution in [0.3, 0.4) is 0 Å². The van der Waals surface area contributed by atoms with Gasteiger partial charge in [-0.15, -0.1) is 0 Å². The van der Waals surface area contributed by atoms with Crippen LogP contribution in [0.25, 0.3) is 0 Å². The van der Waals surface area contributed by atoms with Crippen molar-refractivity contribution in [1.82, 2.24) is 14.8 Å². The number of ether oxygens (including phenoxy) is 1. The Kier molecular flexibility index (Phi) is 5.01. The lowest BCUT2D eigenvalue weighted by atomic mass is 10.1. The number of oxazole rings is 1. The minimum atomic E-state index is -4.44. The molecule has 0 unspecified atom stereocenters. The van der Waals surface area contributed by atoms with Gasteiger partial charge in [0.05, 0.1) is 5.56 Å². The van der Waals surface area contributed by atoms with Crippen LogP contribution in [0.15, 0.2) is 34.9 Å². The number of amides is 1. The molecule has 2 fully saturated rings. The molecular weight excluding hydrogens is 375 g/mol. The maximum Gasteiger partial charge on any atom is 0.416 e. The first-order valence-electron chi connectivity index (χ1n) is 9.18. The van der Waals surface area contributed by atoms with Crippen LogP contribution in [0.2, 0.25) is 0 Å². The summed E-state index contributed by atoms with van der Waals surface area (Å²) < 4.78 is 48.9. The highest BCUT2D eigenvalue weighted by atomic mass is 19.4. The summed E-state index contributed by atoms with van der Waals surface area (Å²) in [4.78, 5) is 21.0. The molecule has 0 spiro atoms. The highest BCUT2D eigenvalue weighted by Gasteiger charge is 2.33. The quantitative estimate of drug-likeness (QED) is 0.796. The number of benzene rings is 1. The van der Waals surface area contributed by atoms with Crippen LogP contribution in [0, 0.1) is 0 Å². The summed E-state index contributed by atoms with van der Waals surface area (Å²) in [5.41, 5.74) is -0.603. The number of alkyl halides is 3. The average molecular weight is 395 g/mol. The summed E-state index contributed by atoms with van der Waals surface area (Å²) in [5, 5.41) is 0. The Morgan fingerprint density at radius 2 is 2.14 bits per heavy atom. The van der Waals surface area contributed by atoms with Crippen LogP contribution in [0.5, 0.6) is 5.75 Å². The zero-order chi connectivity index (χ0) is 19.7. The number of fused-ring (bicyclic) bond motifs is 1. The maximum atomic E-state index is 12.7. The van der Waals surface area contributed by atoms with Gasteiger partial charge in [-0.1, -0.05) is 6.07 Å². The molecule has 1 atom stereocenters. The van der Waals surface area contributed by atoms with E-state index in [1.165, 1.54) is 18.4 Å². The fourth-order valence-corrected chi connectivity index (χ4v) is 3.72. The van der Waals surface area contributed by atoms with Crippen molar-refractivity contribution in [2.24, 2.45) is 0 Å². The number of piperazine rings is 1. The molecule has 0 N–H and O–H groups in total. The third kappa shape index (κ3) is 3.99. The topological polar surface area (TPSA) is 58.8 Å². The van der Waals surface area contributed by atoms with Crippen molar-refractivity contribution in [1.29, 1.82) is 0 Å². The highest BCUT2D eigenvalue weighted by Crippen LogP contribution is 2.31. The summed E-state index contributed by atoms with van der Waals surface area (Å²) in [7, 11) is 0. The monoisotopic (exact) mass is 395 g/mol. The molecule has 2 aliphatic heterocycles. The van der Waals surface area contributed by atoms with Crippen LogP contribution in [-0.2, 0) is 12.8 Å². The zero-order valence-corrected chi connectivity index (χ0v) is 15.1. The molecule has 150 valence electrons. The minimum Gasteiger partial charge on any atom is -0.484 e. The minimum absolute atomic E-state index is 0.0539. The Balaban J connectivity index is 1.36. The lowest BCUT2D eigenvalue weighted by Gasteiger charge is -2.37. The van der Waals surface area contributed by atoms with Crippen LogP contribution >= 0.6 is 0 Å². The van der Waals surface area contributed by atoms with Gasteiger partial charge in [-0.25, -0.2) is 4.98 Å². The molecule has 2 saturated heterocycles. The van der Waals surface area contributed by atoms with E-state index in [0.29, 0.717) is 19.1 Å². The molecule has 28 heavy (non-hydrogen) atoms. The number of carbonyl (C=O) groups is 1. The van der Waals surface area contributed by atoms with E-state index in [4.69, 9.17) is 9.15 Å².